The minimum absolute atomic E-state index is 0.193. The standard InChI is InChI=1S/C25H24N4O2/c1-2-5-18(6-3-1)16-30-17-19-13-21(14-19)31-25-15-20(10-12-27-25)28-24-9-8-22-23(29-24)7-4-11-26-22/h1-12,15,19,21H,13-14,16-17H2,(H,27,28,29)/t19-,21-. The Balaban J connectivity index is 1.11. The summed E-state index contributed by atoms with van der Waals surface area (Å²) in [7, 11) is 0. The van der Waals surface area contributed by atoms with Crippen LogP contribution in [0.3, 0.4) is 0 Å². The van der Waals surface area contributed by atoms with Gasteiger partial charge in [-0.05, 0) is 54.7 Å². The molecule has 3 aromatic heterocycles. The topological polar surface area (TPSA) is 69.2 Å². The molecular formula is C25H24N4O2. The van der Waals surface area contributed by atoms with Gasteiger partial charge < -0.3 is 14.8 Å². The van der Waals surface area contributed by atoms with Crippen molar-refractivity contribution in [2.24, 2.45) is 5.92 Å². The van der Waals surface area contributed by atoms with Gasteiger partial charge in [0.25, 0.3) is 0 Å². The second-order valence-corrected chi connectivity index (χ2v) is 7.82. The van der Waals surface area contributed by atoms with E-state index in [1.165, 1.54) is 5.56 Å². The van der Waals surface area contributed by atoms with E-state index in [1.807, 2.05) is 54.6 Å². The monoisotopic (exact) mass is 412 g/mol. The number of nitrogens with one attached hydrogen (secondary N) is 1. The van der Waals surface area contributed by atoms with Crippen LogP contribution in [0.5, 0.6) is 5.88 Å². The van der Waals surface area contributed by atoms with Gasteiger partial charge >= 0.3 is 0 Å². The molecule has 1 saturated carbocycles. The summed E-state index contributed by atoms with van der Waals surface area (Å²) < 4.78 is 11.9. The maximum absolute atomic E-state index is 6.06. The molecule has 1 aliphatic carbocycles. The Morgan fingerprint density at radius 2 is 1.77 bits per heavy atom. The molecule has 0 atom stereocenters. The van der Waals surface area contributed by atoms with E-state index in [-0.39, 0.29) is 6.10 Å². The summed E-state index contributed by atoms with van der Waals surface area (Å²) in [4.78, 5) is 13.3. The smallest absolute Gasteiger partial charge is 0.215 e. The molecule has 5 rings (SSSR count). The van der Waals surface area contributed by atoms with Crippen LogP contribution < -0.4 is 10.1 Å². The number of benzene rings is 1. The number of anilines is 2. The zero-order chi connectivity index (χ0) is 20.9. The van der Waals surface area contributed by atoms with Crippen LogP contribution in [0.1, 0.15) is 18.4 Å². The number of hydrogen-bond donors (Lipinski definition) is 1. The van der Waals surface area contributed by atoms with Crippen molar-refractivity contribution in [1.82, 2.24) is 15.0 Å². The highest BCUT2D eigenvalue weighted by Crippen LogP contribution is 2.32. The lowest BCUT2D eigenvalue weighted by molar-refractivity contribution is -0.00420. The Morgan fingerprint density at radius 1 is 0.871 bits per heavy atom. The molecule has 0 spiro atoms. The summed E-state index contributed by atoms with van der Waals surface area (Å²) in [5.41, 5.74) is 3.83. The average molecular weight is 412 g/mol. The Bertz CT molecular complexity index is 1150. The first-order valence-corrected chi connectivity index (χ1v) is 10.5. The molecule has 0 unspecified atom stereocenters. The lowest BCUT2D eigenvalue weighted by Crippen LogP contribution is -2.36. The van der Waals surface area contributed by atoms with Crippen molar-refractivity contribution in [2.45, 2.75) is 25.6 Å². The number of rotatable bonds is 8. The van der Waals surface area contributed by atoms with Gasteiger partial charge in [-0.15, -0.1) is 0 Å². The number of ether oxygens (including phenoxy) is 2. The summed E-state index contributed by atoms with van der Waals surface area (Å²) in [6, 6.07) is 21.8. The molecule has 0 bridgehead atoms. The van der Waals surface area contributed by atoms with Crippen LogP contribution in [-0.2, 0) is 11.3 Å². The number of nitrogens with zero attached hydrogens (tertiary/aromatic N) is 3. The highest BCUT2D eigenvalue weighted by Gasteiger charge is 2.31. The molecule has 1 fully saturated rings. The van der Waals surface area contributed by atoms with Crippen LogP contribution in [-0.4, -0.2) is 27.7 Å². The van der Waals surface area contributed by atoms with Crippen LogP contribution >= 0.6 is 0 Å². The SMILES string of the molecule is c1ccc(COC[C@H]2C[C@H](Oc3cc(Nc4ccc5ncccc5n4)ccn3)C2)cc1. The van der Waals surface area contributed by atoms with E-state index < -0.39 is 0 Å². The Morgan fingerprint density at radius 3 is 2.68 bits per heavy atom. The van der Waals surface area contributed by atoms with Crippen LogP contribution in [0.15, 0.2) is 79.1 Å². The van der Waals surface area contributed by atoms with Crippen molar-refractivity contribution < 1.29 is 9.47 Å². The van der Waals surface area contributed by atoms with Gasteiger partial charge in [0.2, 0.25) is 5.88 Å². The van der Waals surface area contributed by atoms with Gasteiger partial charge in [0.15, 0.2) is 0 Å². The Kier molecular flexibility index (Phi) is 5.71. The van der Waals surface area contributed by atoms with Crippen LogP contribution in [0.25, 0.3) is 11.0 Å². The second kappa shape index (κ2) is 9.10. The largest absolute Gasteiger partial charge is 0.474 e. The van der Waals surface area contributed by atoms with Gasteiger partial charge in [-0.2, -0.15) is 0 Å². The Hall–Kier alpha value is -3.51. The molecule has 6 heteroatoms. The second-order valence-electron chi connectivity index (χ2n) is 7.82. The molecule has 3 heterocycles. The quantitative estimate of drug-likeness (QED) is 0.432. The van der Waals surface area contributed by atoms with Gasteiger partial charge in [-0.1, -0.05) is 30.3 Å². The Labute approximate surface area is 181 Å². The zero-order valence-electron chi connectivity index (χ0n) is 17.1. The molecule has 6 nitrogen and oxygen atoms in total. The van der Waals surface area contributed by atoms with Gasteiger partial charge in [0.05, 0.1) is 24.2 Å². The lowest BCUT2D eigenvalue weighted by atomic mass is 9.83. The van der Waals surface area contributed by atoms with Gasteiger partial charge in [-0.3, -0.25) is 4.98 Å². The van der Waals surface area contributed by atoms with Crippen LogP contribution in [0.2, 0.25) is 0 Å². The molecule has 1 N–H and O–H groups in total. The first-order valence-electron chi connectivity index (χ1n) is 10.5. The van der Waals surface area contributed by atoms with Gasteiger partial charge in [-0.25, -0.2) is 9.97 Å². The molecule has 0 saturated heterocycles. The van der Waals surface area contributed by atoms with Crippen molar-refractivity contribution in [3.05, 3.63) is 84.7 Å². The van der Waals surface area contributed by atoms with E-state index in [1.54, 1.807) is 12.4 Å². The fourth-order valence-corrected chi connectivity index (χ4v) is 3.72. The third kappa shape index (κ3) is 4.98. The maximum atomic E-state index is 6.06. The zero-order valence-corrected chi connectivity index (χ0v) is 17.1. The summed E-state index contributed by atoms with van der Waals surface area (Å²) in [6.07, 6.45) is 5.70. The summed E-state index contributed by atoms with van der Waals surface area (Å²) in [6.45, 7) is 1.43. The third-order valence-corrected chi connectivity index (χ3v) is 5.41. The maximum Gasteiger partial charge on any atom is 0.215 e. The fraction of sp³-hybridized carbons (Fsp3) is 0.240. The van der Waals surface area contributed by atoms with Crippen molar-refractivity contribution in [1.29, 1.82) is 0 Å². The minimum atomic E-state index is 0.193. The number of hydrogen-bond acceptors (Lipinski definition) is 6. The van der Waals surface area contributed by atoms with Crippen molar-refractivity contribution in [2.75, 3.05) is 11.9 Å². The number of fused-ring (bicyclic) bond motifs is 1. The van der Waals surface area contributed by atoms with E-state index in [9.17, 15) is 0 Å². The summed E-state index contributed by atoms with van der Waals surface area (Å²) >= 11 is 0. The first-order chi connectivity index (χ1) is 15.3. The first kappa shape index (κ1) is 19.5. The normalized spacial score (nSPS) is 17.8. The third-order valence-electron chi connectivity index (χ3n) is 5.41. The van der Waals surface area contributed by atoms with E-state index >= 15 is 0 Å². The van der Waals surface area contributed by atoms with Crippen LogP contribution in [0.4, 0.5) is 11.5 Å². The molecule has 0 radical (unpaired) electrons. The molecule has 4 aromatic rings. The van der Waals surface area contributed by atoms with Crippen molar-refractivity contribution in [3.8, 4) is 5.88 Å². The average Bonchev–Trinajstić information content (AvgIpc) is 2.78. The summed E-state index contributed by atoms with van der Waals surface area (Å²) in [5, 5.41) is 3.32. The van der Waals surface area contributed by atoms with E-state index in [0.717, 1.165) is 42.0 Å². The molecular weight excluding hydrogens is 388 g/mol. The molecule has 1 aliphatic rings. The fourth-order valence-electron chi connectivity index (χ4n) is 3.72. The number of pyridine rings is 3. The lowest BCUT2D eigenvalue weighted by Gasteiger charge is -2.34. The van der Waals surface area contributed by atoms with Crippen LogP contribution in [0, 0.1) is 5.92 Å². The molecule has 0 aliphatic heterocycles. The minimum Gasteiger partial charge on any atom is -0.474 e. The molecule has 31 heavy (non-hydrogen) atoms. The molecule has 1 aromatic carbocycles. The predicted molar refractivity (Wildman–Crippen MR) is 120 cm³/mol. The molecule has 156 valence electrons. The van der Waals surface area contributed by atoms with Gasteiger partial charge in [0, 0.05) is 24.1 Å². The molecule has 0 amide bonds. The van der Waals surface area contributed by atoms with Crippen molar-refractivity contribution >= 4 is 22.5 Å². The highest BCUT2D eigenvalue weighted by molar-refractivity contribution is 5.76. The van der Waals surface area contributed by atoms with E-state index in [2.05, 4.69) is 32.4 Å². The van der Waals surface area contributed by atoms with Crippen molar-refractivity contribution in [3.63, 3.8) is 0 Å². The van der Waals surface area contributed by atoms with Gasteiger partial charge in [0.1, 0.15) is 11.9 Å². The van der Waals surface area contributed by atoms with E-state index in [4.69, 9.17) is 9.47 Å². The highest BCUT2D eigenvalue weighted by atomic mass is 16.5. The number of aromatic nitrogens is 3. The predicted octanol–water partition coefficient (Wildman–Crippen LogP) is 5.14. The van der Waals surface area contributed by atoms with E-state index in [0.29, 0.717) is 18.4 Å². The summed E-state index contributed by atoms with van der Waals surface area (Å²) in [5.74, 6) is 1.93.